The molecule has 1 aromatic rings. The Hall–Kier alpha value is -0.610. The van der Waals surface area contributed by atoms with Crippen molar-refractivity contribution in [1.29, 1.82) is 0 Å². The summed E-state index contributed by atoms with van der Waals surface area (Å²) < 4.78 is 0. The summed E-state index contributed by atoms with van der Waals surface area (Å²) in [6.45, 7) is 0. The highest BCUT2D eigenvalue weighted by atomic mass is 31.1. The molecule has 3 aliphatic rings. The van der Waals surface area contributed by atoms with Gasteiger partial charge >= 0.3 is 0 Å². The molecule has 2 fully saturated rings. The summed E-state index contributed by atoms with van der Waals surface area (Å²) in [6.07, 6.45) is 14.0. The van der Waals surface area contributed by atoms with Gasteiger partial charge in [0.15, 0.2) is 0 Å². The third kappa shape index (κ3) is 2.09. The zero-order valence-corrected chi connectivity index (χ0v) is 12.4. The van der Waals surface area contributed by atoms with E-state index in [1.54, 1.807) is 5.30 Å². The molecule has 1 aromatic carbocycles. The SMILES string of the molecule is C1=CC2CCCC2P(c2ccccc2)C2CCCC12. The van der Waals surface area contributed by atoms with Gasteiger partial charge in [-0.15, -0.1) is 0 Å². The zero-order valence-electron chi connectivity index (χ0n) is 11.5. The summed E-state index contributed by atoms with van der Waals surface area (Å²) in [4.78, 5) is 0. The van der Waals surface area contributed by atoms with Gasteiger partial charge in [0, 0.05) is 0 Å². The van der Waals surface area contributed by atoms with Crippen LogP contribution < -0.4 is 5.30 Å². The molecule has 0 N–H and O–H groups in total. The summed E-state index contributed by atoms with van der Waals surface area (Å²) in [5.41, 5.74) is 1.98. The van der Waals surface area contributed by atoms with Gasteiger partial charge in [-0.05, 0) is 54.1 Å². The molecular formula is C18H23P. The monoisotopic (exact) mass is 270 g/mol. The Bertz CT molecular complexity index is 440. The van der Waals surface area contributed by atoms with Gasteiger partial charge in [0.25, 0.3) is 0 Å². The van der Waals surface area contributed by atoms with Gasteiger partial charge in [-0.2, -0.15) is 0 Å². The maximum absolute atomic E-state index is 2.62. The number of fused-ring (bicyclic) bond motifs is 2. The minimum absolute atomic E-state index is 0.0633. The van der Waals surface area contributed by atoms with E-state index in [-0.39, 0.29) is 7.92 Å². The Morgan fingerprint density at radius 3 is 1.89 bits per heavy atom. The first kappa shape index (κ1) is 12.2. The molecule has 0 amide bonds. The molecule has 0 radical (unpaired) electrons. The van der Waals surface area contributed by atoms with E-state index in [4.69, 9.17) is 0 Å². The second-order valence-electron chi connectivity index (χ2n) is 6.45. The highest BCUT2D eigenvalue weighted by Gasteiger charge is 2.43. The number of rotatable bonds is 1. The van der Waals surface area contributed by atoms with Crippen molar-refractivity contribution in [2.45, 2.75) is 49.8 Å². The molecule has 4 unspecified atom stereocenters. The first-order valence-corrected chi connectivity index (χ1v) is 9.43. The van der Waals surface area contributed by atoms with Crippen molar-refractivity contribution >= 4 is 13.2 Å². The van der Waals surface area contributed by atoms with Crippen molar-refractivity contribution < 1.29 is 0 Å². The van der Waals surface area contributed by atoms with Crippen LogP contribution in [0.25, 0.3) is 0 Å². The van der Waals surface area contributed by atoms with Crippen LogP contribution in [0.5, 0.6) is 0 Å². The molecule has 0 saturated heterocycles. The van der Waals surface area contributed by atoms with Crippen molar-refractivity contribution in [3.63, 3.8) is 0 Å². The quantitative estimate of drug-likeness (QED) is 0.512. The number of hydrogen-bond donors (Lipinski definition) is 0. The Morgan fingerprint density at radius 1 is 0.737 bits per heavy atom. The van der Waals surface area contributed by atoms with Gasteiger partial charge in [0.1, 0.15) is 0 Å². The molecule has 1 heterocycles. The Kier molecular flexibility index (Phi) is 3.24. The topological polar surface area (TPSA) is 0 Å². The summed E-state index contributed by atoms with van der Waals surface area (Å²) >= 11 is 0. The van der Waals surface area contributed by atoms with Gasteiger partial charge in [-0.3, -0.25) is 0 Å². The summed E-state index contributed by atoms with van der Waals surface area (Å²) in [6, 6.07) is 11.5. The molecule has 1 aliphatic heterocycles. The van der Waals surface area contributed by atoms with Crippen LogP contribution in [-0.4, -0.2) is 11.3 Å². The van der Waals surface area contributed by atoms with Gasteiger partial charge < -0.3 is 0 Å². The minimum Gasteiger partial charge on any atom is -0.0845 e. The van der Waals surface area contributed by atoms with E-state index in [1.807, 2.05) is 0 Å². The molecule has 0 spiro atoms. The maximum atomic E-state index is 2.62. The number of allylic oxidation sites excluding steroid dienone is 2. The Balaban J connectivity index is 1.76. The standard InChI is InChI=1S/C18H23P/c1-2-8-16(9-3-1)19-17-10-4-6-14(17)12-13-15-7-5-11-18(15)19/h1-3,8-9,12-15,17-18H,4-7,10-11H2. The average Bonchev–Trinajstić information content (AvgIpc) is 3.07. The average molecular weight is 270 g/mol. The molecule has 2 saturated carbocycles. The third-order valence-electron chi connectivity index (χ3n) is 5.44. The van der Waals surface area contributed by atoms with Crippen LogP contribution >= 0.6 is 7.92 Å². The summed E-state index contributed by atoms with van der Waals surface area (Å²) in [5, 5.41) is 1.69. The molecule has 19 heavy (non-hydrogen) atoms. The lowest BCUT2D eigenvalue weighted by Crippen LogP contribution is -2.24. The van der Waals surface area contributed by atoms with Crippen LogP contribution in [0.4, 0.5) is 0 Å². The summed E-state index contributed by atoms with van der Waals surface area (Å²) in [5.74, 6) is 1.80. The number of benzene rings is 1. The van der Waals surface area contributed by atoms with Crippen molar-refractivity contribution in [3.8, 4) is 0 Å². The molecule has 0 aromatic heterocycles. The normalized spacial score (nSPS) is 40.7. The van der Waals surface area contributed by atoms with Crippen molar-refractivity contribution in [1.82, 2.24) is 0 Å². The predicted octanol–water partition coefficient (Wildman–Crippen LogP) is 4.70. The minimum atomic E-state index is 0.0633. The summed E-state index contributed by atoms with van der Waals surface area (Å²) in [7, 11) is 0.0633. The number of hydrogen-bond acceptors (Lipinski definition) is 0. The van der Waals surface area contributed by atoms with Crippen LogP contribution in [0.2, 0.25) is 0 Å². The Labute approximate surface area is 118 Å². The van der Waals surface area contributed by atoms with Crippen molar-refractivity contribution in [3.05, 3.63) is 42.5 Å². The van der Waals surface area contributed by atoms with Crippen molar-refractivity contribution in [2.75, 3.05) is 0 Å². The lowest BCUT2D eigenvalue weighted by Gasteiger charge is -2.33. The van der Waals surface area contributed by atoms with E-state index < -0.39 is 0 Å². The first-order chi connectivity index (χ1) is 9.43. The van der Waals surface area contributed by atoms with E-state index in [1.165, 1.54) is 38.5 Å². The van der Waals surface area contributed by atoms with Crippen LogP contribution in [0.3, 0.4) is 0 Å². The van der Waals surface area contributed by atoms with Crippen molar-refractivity contribution in [2.24, 2.45) is 11.8 Å². The smallest absolute Gasteiger partial charge is 0.0103 e. The van der Waals surface area contributed by atoms with Gasteiger partial charge in [-0.1, -0.05) is 63.2 Å². The second-order valence-corrected chi connectivity index (χ2v) is 9.11. The zero-order chi connectivity index (χ0) is 12.7. The first-order valence-electron chi connectivity index (χ1n) is 7.95. The van der Waals surface area contributed by atoms with Crippen LogP contribution in [0.15, 0.2) is 42.5 Å². The lowest BCUT2D eigenvalue weighted by molar-refractivity contribution is 0.683. The Morgan fingerprint density at radius 2 is 1.32 bits per heavy atom. The highest BCUT2D eigenvalue weighted by Crippen LogP contribution is 2.61. The molecule has 4 rings (SSSR count). The van der Waals surface area contributed by atoms with Gasteiger partial charge in [0.2, 0.25) is 0 Å². The molecule has 0 nitrogen and oxygen atoms in total. The lowest BCUT2D eigenvalue weighted by atomic mass is 10.0. The second kappa shape index (κ2) is 5.06. The predicted molar refractivity (Wildman–Crippen MR) is 84.4 cm³/mol. The van der Waals surface area contributed by atoms with Gasteiger partial charge in [-0.25, -0.2) is 0 Å². The van der Waals surface area contributed by atoms with E-state index in [0.717, 1.165) is 23.2 Å². The van der Waals surface area contributed by atoms with Crippen LogP contribution in [-0.2, 0) is 0 Å². The maximum Gasteiger partial charge on any atom is -0.0103 e. The van der Waals surface area contributed by atoms with E-state index in [2.05, 4.69) is 42.5 Å². The largest absolute Gasteiger partial charge is 0.0845 e. The fourth-order valence-corrected chi connectivity index (χ4v) is 8.61. The molecule has 1 heteroatoms. The molecular weight excluding hydrogens is 247 g/mol. The fraction of sp³-hybridized carbons (Fsp3) is 0.556. The van der Waals surface area contributed by atoms with E-state index in [9.17, 15) is 0 Å². The van der Waals surface area contributed by atoms with Crippen LogP contribution in [0.1, 0.15) is 38.5 Å². The van der Waals surface area contributed by atoms with Crippen LogP contribution in [0, 0.1) is 11.8 Å². The highest BCUT2D eigenvalue weighted by molar-refractivity contribution is 7.67. The van der Waals surface area contributed by atoms with Gasteiger partial charge in [0.05, 0.1) is 0 Å². The molecule has 100 valence electrons. The third-order valence-corrected chi connectivity index (χ3v) is 9.04. The van der Waals surface area contributed by atoms with E-state index in [0.29, 0.717) is 0 Å². The molecule has 4 atom stereocenters. The van der Waals surface area contributed by atoms with E-state index >= 15 is 0 Å². The fourth-order valence-electron chi connectivity index (χ4n) is 4.59. The molecule has 0 bridgehead atoms. The molecule has 2 aliphatic carbocycles.